The molecule has 3 aromatic rings. The molecule has 2 aromatic heterocycles. The van der Waals surface area contributed by atoms with E-state index in [1.54, 1.807) is 6.26 Å². The lowest BCUT2D eigenvalue weighted by atomic mass is 10.1. The van der Waals surface area contributed by atoms with E-state index in [0.29, 0.717) is 19.6 Å². The fraction of sp³-hybridized carbons (Fsp3) is 0.381. The van der Waals surface area contributed by atoms with E-state index >= 15 is 0 Å². The van der Waals surface area contributed by atoms with Gasteiger partial charge >= 0.3 is 0 Å². The zero-order valence-electron chi connectivity index (χ0n) is 15.7. The molecule has 138 valence electrons. The average Bonchev–Trinajstić information content (AvgIpc) is 3.19. The van der Waals surface area contributed by atoms with Gasteiger partial charge in [0.15, 0.2) is 0 Å². The highest BCUT2D eigenvalue weighted by Crippen LogP contribution is 2.13. The number of aryl methyl sites for hydroxylation is 3. The van der Waals surface area contributed by atoms with Crippen molar-refractivity contribution >= 4 is 0 Å². The molecule has 26 heavy (non-hydrogen) atoms. The molecule has 5 heteroatoms. The maximum atomic E-state index is 10.6. The van der Waals surface area contributed by atoms with E-state index in [2.05, 4.69) is 41.2 Å². The van der Waals surface area contributed by atoms with Crippen molar-refractivity contribution in [2.24, 2.45) is 0 Å². The highest BCUT2D eigenvalue weighted by atomic mass is 16.3. The standard InChI is InChI=1S/C21H27N3O2/c1-16-6-8-19(9-7-16)12-23(15-21-5-4-10-26-21)13-20(25)14-24-18(3)11-17(2)22-24/h4-11,20,25H,12-15H2,1-3H3/t20-/m0/s1. The molecule has 1 atom stereocenters. The van der Waals surface area contributed by atoms with Gasteiger partial charge in [-0.2, -0.15) is 5.10 Å². The van der Waals surface area contributed by atoms with E-state index in [1.807, 2.05) is 36.7 Å². The van der Waals surface area contributed by atoms with Gasteiger partial charge in [-0.3, -0.25) is 9.58 Å². The maximum Gasteiger partial charge on any atom is 0.117 e. The van der Waals surface area contributed by atoms with Gasteiger partial charge in [0, 0.05) is 18.8 Å². The Morgan fingerprint density at radius 1 is 1.12 bits per heavy atom. The zero-order chi connectivity index (χ0) is 18.5. The number of hydrogen-bond donors (Lipinski definition) is 1. The van der Waals surface area contributed by atoms with Gasteiger partial charge in [-0.05, 0) is 44.5 Å². The van der Waals surface area contributed by atoms with Crippen LogP contribution in [0.25, 0.3) is 0 Å². The van der Waals surface area contributed by atoms with Crippen LogP contribution in [-0.4, -0.2) is 32.4 Å². The summed E-state index contributed by atoms with van der Waals surface area (Å²) in [4.78, 5) is 2.21. The lowest BCUT2D eigenvalue weighted by Gasteiger charge is -2.24. The monoisotopic (exact) mass is 353 g/mol. The summed E-state index contributed by atoms with van der Waals surface area (Å²) in [6.45, 7) is 8.53. The van der Waals surface area contributed by atoms with Crippen LogP contribution < -0.4 is 0 Å². The second kappa shape index (κ2) is 8.34. The van der Waals surface area contributed by atoms with E-state index in [0.717, 1.165) is 23.7 Å². The Morgan fingerprint density at radius 3 is 2.50 bits per heavy atom. The van der Waals surface area contributed by atoms with Gasteiger partial charge in [-0.1, -0.05) is 29.8 Å². The Hall–Kier alpha value is -2.37. The molecule has 5 nitrogen and oxygen atoms in total. The topological polar surface area (TPSA) is 54.4 Å². The van der Waals surface area contributed by atoms with E-state index in [-0.39, 0.29) is 0 Å². The van der Waals surface area contributed by atoms with E-state index < -0.39 is 6.10 Å². The molecule has 0 aliphatic rings. The Bertz CT molecular complexity index is 806. The smallest absolute Gasteiger partial charge is 0.117 e. The van der Waals surface area contributed by atoms with Crippen molar-refractivity contribution in [3.8, 4) is 0 Å². The molecule has 3 rings (SSSR count). The SMILES string of the molecule is Cc1ccc(CN(Cc2ccco2)C[C@H](O)Cn2nc(C)cc2C)cc1. The first-order valence-corrected chi connectivity index (χ1v) is 8.99. The summed E-state index contributed by atoms with van der Waals surface area (Å²) in [5, 5.41) is 15.1. The van der Waals surface area contributed by atoms with Gasteiger partial charge < -0.3 is 9.52 Å². The molecular formula is C21H27N3O2. The van der Waals surface area contributed by atoms with Crippen molar-refractivity contribution in [3.05, 3.63) is 77.0 Å². The lowest BCUT2D eigenvalue weighted by molar-refractivity contribution is 0.0839. The number of nitrogens with zero attached hydrogens (tertiary/aromatic N) is 3. The van der Waals surface area contributed by atoms with E-state index in [4.69, 9.17) is 4.42 Å². The first-order chi connectivity index (χ1) is 12.5. The van der Waals surface area contributed by atoms with Crippen molar-refractivity contribution in [1.82, 2.24) is 14.7 Å². The third-order valence-electron chi connectivity index (χ3n) is 4.44. The number of rotatable bonds is 8. The van der Waals surface area contributed by atoms with Crippen LogP contribution in [-0.2, 0) is 19.6 Å². The fourth-order valence-corrected chi connectivity index (χ4v) is 3.17. The molecular weight excluding hydrogens is 326 g/mol. The zero-order valence-corrected chi connectivity index (χ0v) is 15.7. The summed E-state index contributed by atoms with van der Waals surface area (Å²) in [6.07, 6.45) is 1.18. The molecule has 0 radical (unpaired) electrons. The normalized spacial score (nSPS) is 12.7. The minimum absolute atomic E-state index is 0.488. The molecule has 0 spiro atoms. The number of benzene rings is 1. The van der Waals surface area contributed by atoms with Crippen LogP contribution in [0.4, 0.5) is 0 Å². The molecule has 1 N–H and O–H groups in total. The van der Waals surface area contributed by atoms with Gasteiger partial charge in [0.25, 0.3) is 0 Å². The van der Waals surface area contributed by atoms with Gasteiger partial charge in [-0.25, -0.2) is 0 Å². The largest absolute Gasteiger partial charge is 0.468 e. The predicted octanol–water partition coefficient (Wildman–Crippen LogP) is 3.46. The molecule has 2 heterocycles. The first-order valence-electron chi connectivity index (χ1n) is 8.99. The molecule has 0 aliphatic heterocycles. The number of aromatic nitrogens is 2. The van der Waals surface area contributed by atoms with Crippen molar-refractivity contribution in [2.45, 2.75) is 46.5 Å². The number of aliphatic hydroxyl groups excluding tert-OH is 1. The van der Waals surface area contributed by atoms with E-state index in [1.165, 1.54) is 11.1 Å². The van der Waals surface area contributed by atoms with Crippen molar-refractivity contribution < 1.29 is 9.52 Å². The summed E-state index contributed by atoms with van der Waals surface area (Å²) in [7, 11) is 0. The first kappa shape index (κ1) is 18.4. The average molecular weight is 353 g/mol. The Balaban J connectivity index is 1.67. The second-order valence-electron chi connectivity index (χ2n) is 7.00. The molecule has 1 aromatic carbocycles. The minimum atomic E-state index is -0.506. The summed E-state index contributed by atoms with van der Waals surface area (Å²) < 4.78 is 7.37. The van der Waals surface area contributed by atoms with Crippen LogP contribution in [0.1, 0.15) is 28.3 Å². The minimum Gasteiger partial charge on any atom is -0.468 e. The van der Waals surface area contributed by atoms with Crippen LogP contribution in [0.5, 0.6) is 0 Å². The van der Waals surface area contributed by atoms with Crippen molar-refractivity contribution in [3.63, 3.8) is 0 Å². The summed E-state index contributed by atoms with van der Waals surface area (Å²) in [5.74, 6) is 0.899. The highest BCUT2D eigenvalue weighted by molar-refractivity contribution is 5.21. The second-order valence-corrected chi connectivity index (χ2v) is 7.00. The van der Waals surface area contributed by atoms with Crippen LogP contribution in [0.15, 0.2) is 53.1 Å². The fourth-order valence-electron chi connectivity index (χ4n) is 3.17. The highest BCUT2D eigenvalue weighted by Gasteiger charge is 2.16. The Kier molecular flexibility index (Phi) is 5.91. The molecule has 0 saturated carbocycles. The van der Waals surface area contributed by atoms with Crippen LogP contribution in [0.2, 0.25) is 0 Å². The number of furan rings is 1. The number of aliphatic hydroxyl groups is 1. The summed E-state index contributed by atoms with van der Waals surface area (Å²) in [5.41, 5.74) is 4.51. The maximum absolute atomic E-state index is 10.6. The van der Waals surface area contributed by atoms with Crippen molar-refractivity contribution in [2.75, 3.05) is 6.54 Å². The Morgan fingerprint density at radius 2 is 1.88 bits per heavy atom. The summed E-state index contributed by atoms with van der Waals surface area (Å²) in [6, 6.07) is 14.4. The molecule has 0 aliphatic carbocycles. The van der Waals surface area contributed by atoms with Gasteiger partial charge in [0.1, 0.15) is 5.76 Å². The predicted molar refractivity (Wildman–Crippen MR) is 102 cm³/mol. The van der Waals surface area contributed by atoms with E-state index in [9.17, 15) is 5.11 Å². The van der Waals surface area contributed by atoms with Crippen LogP contribution in [0.3, 0.4) is 0 Å². The lowest BCUT2D eigenvalue weighted by Crippen LogP contribution is -2.34. The van der Waals surface area contributed by atoms with Crippen molar-refractivity contribution in [1.29, 1.82) is 0 Å². The van der Waals surface area contributed by atoms with Crippen LogP contribution in [0, 0.1) is 20.8 Å². The number of hydrogen-bond acceptors (Lipinski definition) is 4. The third kappa shape index (κ3) is 5.07. The van der Waals surface area contributed by atoms with Gasteiger partial charge in [0.2, 0.25) is 0 Å². The molecule has 0 saturated heterocycles. The molecule has 0 bridgehead atoms. The summed E-state index contributed by atoms with van der Waals surface area (Å²) >= 11 is 0. The quantitative estimate of drug-likeness (QED) is 0.674. The molecule has 0 amide bonds. The molecule has 0 unspecified atom stereocenters. The van der Waals surface area contributed by atoms with Gasteiger partial charge in [0.05, 0.1) is 31.2 Å². The Labute approximate surface area is 154 Å². The molecule has 0 fully saturated rings. The van der Waals surface area contributed by atoms with Gasteiger partial charge in [-0.15, -0.1) is 0 Å². The van der Waals surface area contributed by atoms with Crippen LogP contribution >= 0.6 is 0 Å². The third-order valence-corrected chi connectivity index (χ3v) is 4.44.